The van der Waals surface area contributed by atoms with Gasteiger partial charge in [0.25, 0.3) is 0 Å². The molecule has 0 saturated heterocycles. The van der Waals surface area contributed by atoms with E-state index in [0.717, 1.165) is 70.1 Å². The first-order valence-corrected chi connectivity index (χ1v) is 24.8. The minimum atomic E-state index is -1.29. The molecule has 0 radical (unpaired) electrons. The Morgan fingerprint density at radius 2 is 0.919 bits per heavy atom. The van der Waals surface area contributed by atoms with Gasteiger partial charge in [0.2, 0.25) is 0 Å². The Hall–Kier alpha value is -3.21. The average Bonchev–Trinajstić information content (AvgIpc) is 3.24. The normalized spacial score (nSPS) is 20.5. The first kappa shape index (κ1) is 53.1. The summed E-state index contributed by atoms with van der Waals surface area (Å²) in [6.07, 6.45) is 33.4. The lowest BCUT2D eigenvalue weighted by atomic mass is 9.45. The molecular weight excluding hydrogens is 789 g/mol. The van der Waals surface area contributed by atoms with Crippen LogP contribution in [0, 0.1) is 28.6 Å². The summed E-state index contributed by atoms with van der Waals surface area (Å²) in [4.78, 5) is 63.0. The number of esters is 5. The third kappa shape index (κ3) is 22.9. The molecule has 4 fully saturated rings. The SMILES string of the molecule is CCCCC/C=C\CCOC(=O)CCCCCCC(=O)OCC(CO)(COC(=O)CCCCCCC(=O)OCC/C=C\CCCCC)COC(=O)CC1CC2CC3CC(C1)(C2)C3. The van der Waals surface area contributed by atoms with E-state index in [2.05, 4.69) is 38.2 Å². The summed E-state index contributed by atoms with van der Waals surface area (Å²) >= 11 is 0. The molecule has 11 nitrogen and oxygen atoms in total. The van der Waals surface area contributed by atoms with Crippen molar-refractivity contribution in [2.24, 2.45) is 28.6 Å². The highest BCUT2D eigenvalue weighted by molar-refractivity contribution is 5.71. The Balaban J connectivity index is 1.34. The Morgan fingerprint density at radius 3 is 1.35 bits per heavy atom. The first-order valence-electron chi connectivity index (χ1n) is 24.8. The molecule has 1 N–H and O–H groups in total. The maximum Gasteiger partial charge on any atom is 0.306 e. The number of carbonyl (C=O) groups is 5. The van der Waals surface area contributed by atoms with Gasteiger partial charge in [-0.1, -0.05) is 89.5 Å². The summed E-state index contributed by atoms with van der Waals surface area (Å²) in [7, 11) is 0. The lowest BCUT2D eigenvalue weighted by Gasteiger charge is -2.60. The Bertz CT molecular complexity index is 1280. The van der Waals surface area contributed by atoms with Crippen LogP contribution < -0.4 is 0 Å². The molecule has 3 bridgehead atoms. The van der Waals surface area contributed by atoms with Crippen LogP contribution in [0.3, 0.4) is 0 Å². The fraction of sp³-hybridized carbons (Fsp3) is 0.824. The van der Waals surface area contributed by atoms with Crippen LogP contribution in [-0.2, 0) is 47.7 Å². The topological polar surface area (TPSA) is 152 Å². The van der Waals surface area contributed by atoms with E-state index in [1.165, 1.54) is 64.2 Å². The van der Waals surface area contributed by atoms with Crippen molar-refractivity contribution in [2.45, 2.75) is 200 Å². The summed E-state index contributed by atoms with van der Waals surface area (Å²) in [5, 5.41) is 10.6. The third-order valence-electron chi connectivity index (χ3n) is 13.0. The quantitative estimate of drug-likeness (QED) is 0.0275. The second-order valence-electron chi connectivity index (χ2n) is 19.0. The Labute approximate surface area is 374 Å². The van der Waals surface area contributed by atoms with Gasteiger partial charge in [0.05, 0.1) is 25.2 Å². The number of carbonyl (C=O) groups excluding carboxylic acids is 5. The van der Waals surface area contributed by atoms with E-state index < -0.39 is 24.0 Å². The lowest BCUT2D eigenvalue weighted by molar-refractivity contribution is -0.167. The Kier molecular flexibility index (Phi) is 27.1. The fourth-order valence-corrected chi connectivity index (χ4v) is 9.73. The number of ether oxygens (including phenoxy) is 5. The number of unbranched alkanes of at least 4 members (excludes halogenated alkanes) is 12. The van der Waals surface area contributed by atoms with Crippen LogP contribution in [0.2, 0.25) is 0 Å². The number of rotatable bonds is 37. The number of hydrogen-bond acceptors (Lipinski definition) is 11. The summed E-state index contributed by atoms with van der Waals surface area (Å²) in [6.45, 7) is 3.89. The monoisotopic (exact) mass is 873 g/mol. The maximum atomic E-state index is 13.2. The van der Waals surface area contributed by atoms with Crippen LogP contribution in [0.25, 0.3) is 0 Å². The molecule has 4 rings (SSSR count). The van der Waals surface area contributed by atoms with Gasteiger partial charge in [-0.25, -0.2) is 0 Å². The van der Waals surface area contributed by atoms with E-state index in [-0.39, 0.29) is 56.5 Å². The summed E-state index contributed by atoms with van der Waals surface area (Å²) < 4.78 is 27.6. The van der Waals surface area contributed by atoms with Gasteiger partial charge in [-0.3, -0.25) is 24.0 Å². The molecule has 1 spiro atoms. The van der Waals surface area contributed by atoms with Gasteiger partial charge in [0.15, 0.2) is 0 Å². The lowest BCUT2D eigenvalue weighted by Crippen LogP contribution is -2.49. The van der Waals surface area contributed by atoms with Gasteiger partial charge in [-0.05, 0) is 126 Å². The summed E-state index contributed by atoms with van der Waals surface area (Å²) in [5.41, 5.74) is -0.874. The minimum absolute atomic E-state index is 0.163. The fourth-order valence-electron chi connectivity index (χ4n) is 9.73. The highest BCUT2D eigenvalue weighted by Crippen LogP contribution is 2.64. The Morgan fingerprint density at radius 1 is 0.500 bits per heavy atom. The number of hydrogen-bond donors (Lipinski definition) is 1. The largest absolute Gasteiger partial charge is 0.465 e. The smallest absolute Gasteiger partial charge is 0.306 e. The third-order valence-corrected chi connectivity index (χ3v) is 13.0. The van der Waals surface area contributed by atoms with Crippen molar-refractivity contribution in [2.75, 3.05) is 39.6 Å². The van der Waals surface area contributed by atoms with E-state index in [9.17, 15) is 29.1 Å². The molecular formula is C51H84O11. The van der Waals surface area contributed by atoms with Gasteiger partial charge in [-0.15, -0.1) is 0 Å². The number of aliphatic hydroxyl groups excluding tert-OH is 1. The zero-order valence-electron chi connectivity index (χ0n) is 38.8. The van der Waals surface area contributed by atoms with Crippen molar-refractivity contribution in [1.29, 1.82) is 0 Å². The van der Waals surface area contributed by atoms with Crippen LogP contribution in [0.4, 0.5) is 0 Å². The van der Waals surface area contributed by atoms with Gasteiger partial charge < -0.3 is 28.8 Å². The molecule has 2 atom stereocenters. The van der Waals surface area contributed by atoms with Gasteiger partial charge >= 0.3 is 29.8 Å². The van der Waals surface area contributed by atoms with E-state index >= 15 is 0 Å². The molecule has 0 aliphatic heterocycles. The van der Waals surface area contributed by atoms with Gasteiger partial charge in [0.1, 0.15) is 19.8 Å². The van der Waals surface area contributed by atoms with Crippen molar-refractivity contribution in [3.05, 3.63) is 24.3 Å². The second-order valence-corrected chi connectivity index (χ2v) is 19.0. The van der Waals surface area contributed by atoms with Gasteiger partial charge in [-0.2, -0.15) is 0 Å². The van der Waals surface area contributed by atoms with E-state index in [1.54, 1.807) is 0 Å². The average molecular weight is 873 g/mol. The molecule has 0 aromatic rings. The maximum absolute atomic E-state index is 13.2. The molecule has 4 saturated carbocycles. The van der Waals surface area contributed by atoms with Gasteiger partial charge in [0, 0.05) is 32.1 Å². The summed E-state index contributed by atoms with van der Waals surface area (Å²) in [6, 6.07) is 0. The second kappa shape index (κ2) is 31.6. The number of aliphatic hydroxyl groups is 1. The molecule has 0 heterocycles. The van der Waals surface area contributed by atoms with Crippen LogP contribution in [0.5, 0.6) is 0 Å². The molecule has 11 heteroatoms. The molecule has 4 aliphatic carbocycles. The van der Waals surface area contributed by atoms with Crippen molar-refractivity contribution < 1.29 is 52.8 Å². The molecule has 2 unspecified atom stereocenters. The summed E-state index contributed by atoms with van der Waals surface area (Å²) in [5.74, 6) is 0.207. The van der Waals surface area contributed by atoms with Crippen molar-refractivity contribution in [3.8, 4) is 0 Å². The predicted molar refractivity (Wildman–Crippen MR) is 241 cm³/mol. The standard InChI is InChI=1S/C51H84O11/c1-3-5-7-9-11-17-23-29-58-45(53)25-19-13-15-21-27-47(55)60-39-51(38-52,41-62-49(57)33-43-31-42-32-44-36-50(34-42,35-43)37-44)40-61-48(56)28-22-16-14-20-26-46(54)59-30-24-18-12-10-8-6-4-2/h11-12,17-18,42-44,52H,3-10,13-16,19-41H2,1-2H3/b17-11-,18-12-. The highest BCUT2D eigenvalue weighted by Gasteiger charge is 2.54. The van der Waals surface area contributed by atoms with Crippen LogP contribution in [0.1, 0.15) is 200 Å². The molecule has 0 aromatic carbocycles. The highest BCUT2D eigenvalue weighted by atomic mass is 16.6. The minimum Gasteiger partial charge on any atom is -0.465 e. The molecule has 62 heavy (non-hydrogen) atoms. The van der Waals surface area contributed by atoms with Crippen LogP contribution in [-0.4, -0.2) is 74.6 Å². The molecule has 0 aromatic heterocycles. The van der Waals surface area contributed by atoms with Crippen molar-refractivity contribution in [1.82, 2.24) is 0 Å². The van der Waals surface area contributed by atoms with E-state index in [4.69, 9.17) is 23.7 Å². The van der Waals surface area contributed by atoms with Crippen molar-refractivity contribution >= 4 is 29.8 Å². The van der Waals surface area contributed by atoms with Crippen LogP contribution >= 0.6 is 0 Å². The van der Waals surface area contributed by atoms with E-state index in [1.807, 2.05) is 0 Å². The zero-order valence-corrected chi connectivity index (χ0v) is 38.8. The molecule has 4 aliphatic rings. The van der Waals surface area contributed by atoms with Crippen molar-refractivity contribution in [3.63, 3.8) is 0 Å². The number of allylic oxidation sites excluding steroid dienone is 2. The van der Waals surface area contributed by atoms with E-state index in [0.29, 0.717) is 69.5 Å². The first-order chi connectivity index (χ1) is 30.1. The molecule has 354 valence electrons. The van der Waals surface area contributed by atoms with Crippen LogP contribution in [0.15, 0.2) is 24.3 Å². The molecule has 0 amide bonds. The zero-order chi connectivity index (χ0) is 44.7. The predicted octanol–water partition coefficient (Wildman–Crippen LogP) is 11.0.